The Bertz CT molecular complexity index is 433. The molecule has 1 aromatic heterocycles. The summed E-state index contributed by atoms with van der Waals surface area (Å²) < 4.78 is 2.36. The Hall–Kier alpha value is -0.460. The molecule has 62 valence electrons. The number of hydrogen-bond donors (Lipinski definition) is 0. The number of hydrogen-bond acceptors (Lipinski definition) is 2. The van der Waals surface area contributed by atoms with E-state index in [9.17, 15) is 0 Å². The fourth-order valence-corrected chi connectivity index (χ4v) is 2.81. The first-order valence-electron chi connectivity index (χ1n) is 3.80. The maximum Gasteiger partial charge on any atom is 0.110 e. The first kappa shape index (κ1) is 8.15. The molecule has 0 bridgehead atoms. The van der Waals surface area contributed by atoms with E-state index in [4.69, 9.17) is 0 Å². The summed E-state index contributed by atoms with van der Waals surface area (Å²) in [4.78, 5) is 4.44. The SMILES string of the molecule is Cc1cc(C)c2nc(P)sc2c1. The standard InChI is InChI=1S/C9H10NPS/c1-5-3-6(2)8-7(4-5)12-9(11)10-8/h3-4H,11H2,1-2H3. The number of fused-ring (bicyclic) bond motifs is 1. The van der Waals surface area contributed by atoms with E-state index in [1.54, 1.807) is 11.3 Å². The van der Waals surface area contributed by atoms with Crippen molar-refractivity contribution >= 4 is 35.5 Å². The Morgan fingerprint density at radius 2 is 2.08 bits per heavy atom. The maximum absolute atomic E-state index is 4.44. The first-order valence-corrected chi connectivity index (χ1v) is 5.19. The summed E-state index contributed by atoms with van der Waals surface area (Å²) in [5.41, 5.74) is 3.74. The van der Waals surface area contributed by atoms with E-state index in [0.717, 1.165) is 10.3 Å². The molecule has 0 N–H and O–H groups in total. The molecule has 3 heteroatoms. The summed E-state index contributed by atoms with van der Waals surface area (Å²) in [7, 11) is 2.65. The predicted octanol–water partition coefficient (Wildman–Crippen LogP) is 2.41. The first-order chi connectivity index (χ1) is 5.66. The normalized spacial score (nSPS) is 10.9. The zero-order valence-electron chi connectivity index (χ0n) is 7.09. The molecule has 2 aromatic rings. The molecule has 0 amide bonds. The van der Waals surface area contributed by atoms with Gasteiger partial charge in [0.1, 0.15) is 4.75 Å². The lowest BCUT2D eigenvalue weighted by atomic mass is 10.1. The summed E-state index contributed by atoms with van der Waals surface area (Å²) in [5.74, 6) is 0. The van der Waals surface area contributed by atoms with Crippen LogP contribution in [-0.4, -0.2) is 4.98 Å². The van der Waals surface area contributed by atoms with Crippen LogP contribution >= 0.6 is 20.6 Å². The van der Waals surface area contributed by atoms with Crippen LogP contribution in [0, 0.1) is 13.8 Å². The third kappa shape index (κ3) is 1.26. The molecule has 0 aliphatic carbocycles. The van der Waals surface area contributed by atoms with E-state index in [2.05, 4.69) is 40.2 Å². The molecule has 1 atom stereocenters. The van der Waals surface area contributed by atoms with E-state index >= 15 is 0 Å². The van der Waals surface area contributed by atoms with Gasteiger partial charge < -0.3 is 0 Å². The maximum atomic E-state index is 4.44. The second-order valence-electron chi connectivity index (χ2n) is 2.98. The molecule has 0 aliphatic heterocycles. The van der Waals surface area contributed by atoms with Crippen molar-refractivity contribution < 1.29 is 0 Å². The second kappa shape index (κ2) is 2.79. The Morgan fingerprint density at radius 1 is 1.33 bits per heavy atom. The number of aromatic nitrogens is 1. The van der Waals surface area contributed by atoms with Crippen molar-refractivity contribution in [2.24, 2.45) is 0 Å². The van der Waals surface area contributed by atoms with E-state index in [-0.39, 0.29) is 0 Å². The minimum atomic E-state index is 1.07. The van der Waals surface area contributed by atoms with Crippen LogP contribution in [0.5, 0.6) is 0 Å². The van der Waals surface area contributed by atoms with Crippen molar-refractivity contribution in [3.05, 3.63) is 23.3 Å². The molecule has 0 radical (unpaired) electrons. The van der Waals surface area contributed by atoms with E-state index < -0.39 is 0 Å². The molecule has 1 aromatic carbocycles. The predicted molar refractivity (Wildman–Crippen MR) is 58.4 cm³/mol. The fourth-order valence-electron chi connectivity index (χ4n) is 1.39. The number of thiazole rings is 1. The van der Waals surface area contributed by atoms with Crippen molar-refractivity contribution in [3.63, 3.8) is 0 Å². The molecule has 0 saturated heterocycles. The fraction of sp³-hybridized carbons (Fsp3) is 0.222. The van der Waals surface area contributed by atoms with Gasteiger partial charge in [0, 0.05) is 0 Å². The Kier molecular flexibility index (Phi) is 1.90. The molecule has 0 fully saturated rings. The van der Waals surface area contributed by atoms with Crippen molar-refractivity contribution in [2.75, 3.05) is 0 Å². The molecular formula is C9H10NPS. The van der Waals surface area contributed by atoms with Gasteiger partial charge in [-0.2, -0.15) is 0 Å². The number of nitrogens with zero attached hydrogens (tertiary/aromatic N) is 1. The minimum absolute atomic E-state index is 1.07. The highest BCUT2D eigenvalue weighted by molar-refractivity contribution is 7.45. The van der Waals surface area contributed by atoms with Gasteiger partial charge in [0.15, 0.2) is 0 Å². The lowest BCUT2D eigenvalue weighted by Crippen LogP contribution is -1.84. The van der Waals surface area contributed by atoms with E-state index in [0.29, 0.717) is 0 Å². The van der Waals surface area contributed by atoms with Gasteiger partial charge >= 0.3 is 0 Å². The van der Waals surface area contributed by atoms with Gasteiger partial charge in [-0.25, -0.2) is 4.98 Å². The van der Waals surface area contributed by atoms with Crippen LogP contribution in [0.15, 0.2) is 12.1 Å². The zero-order chi connectivity index (χ0) is 8.72. The van der Waals surface area contributed by atoms with Crippen molar-refractivity contribution in [2.45, 2.75) is 13.8 Å². The molecule has 2 rings (SSSR count). The van der Waals surface area contributed by atoms with Crippen LogP contribution in [-0.2, 0) is 0 Å². The van der Waals surface area contributed by atoms with Gasteiger partial charge in [0.05, 0.1) is 10.2 Å². The lowest BCUT2D eigenvalue weighted by molar-refractivity contribution is 1.40. The van der Waals surface area contributed by atoms with Crippen LogP contribution in [0.25, 0.3) is 10.2 Å². The highest BCUT2D eigenvalue weighted by Gasteiger charge is 2.03. The van der Waals surface area contributed by atoms with Crippen LogP contribution in [0.4, 0.5) is 0 Å². The number of rotatable bonds is 0. The third-order valence-electron chi connectivity index (χ3n) is 1.85. The van der Waals surface area contributed by atoms with E-state index in [1.807, 2.05) is 0 Å². The van der Waals surface area contributed by atoms with Gasteiger partial charge in [-0.15, -0.1) is 11.3 Å². The lowest BCUT2D eigenvalue weighted by Gasteiger charge is -1.95. The van der Waals surface area contributed by atoms with Crippen LogP contribution in [0.3, 0.4) is 0 Å². The van der Waals surface area contributed by atoms with Crippen LogP contribution < -0.4 is 4.75 Å². The van der Waals surface area contributed by atoms with Crippen LogP contribution in [0.2, 0.25) is 0 Å². The van der Waals surface area contributed by atoms with Gasteiger partial charge in [-0.3, -0.25) is 0 Å². The Labute approximate surface area is 78.0 Å². The number of aryl methyl sites for hydroxylation is 2. The third-order valence-corrected chi connectivity index (χ3v) is 3.16. The quantitative estimate of drug-likeness (QED) is 0.588. The Balaban J connectivity index is 2.88. The molecule has 0 saturated carbocycles. The molecular weight excluding hydrogens is 185 g/mol. The molecule has 1 heterocycles. The summed E-state index contributed by atoms with van der Waals surface area (Å²) in [6.07, 6.45) is 0. The van der Waals surface area contributed by atoms with Crippen LogP contribution in [0.1, 0.15) is 11.1 Å². The Morgan fingerprint density at radius 3 is 2.83 bits per heavy atom. The van der Waals surface area contributed by atoms with E-state index in [1.165, 1.54) is 15.8 Å². The average Bonchev–Trinajstić information content (AvgIpc) is 2.29. The molecule has 0 aliphatic rings. The summed E-state index contributed by atoms with van der Waals surface area (Å²) in [6.45, 7) is 4.23. The summed E-state index contributed by atoms with van der Waals surface area (Å²) in [6, 6.07) is 4.36. The summed E-state index contributed by atoms with van der Waals surface area (Å²) >= 11 is 1.73. The molecule has 1 unspecified atom stereocenters. The largest absolute Gasteiger partial charge is 0.237 e. The van der Waals surface area contributed by atoms with Gasteiger partial charge in [0.25, 0.3) is 0 Å². The average molecular weight is 195 g/mol. The molecule has 1 nitrogen and oxygen atoms in total. The summed E-state index contributed by atoms with van der Waals surface area (Å²) in [5, 5.41) is 0. The molecule has 0 spiro atoms. The second-order valence-corrected chi connectivity index (χ2v) is 5.01. The van der Waals surface area contributed by atoms with Gasteiger partial charge in [-0.1, -0.05) is 15.3 Å². The highest BCUT2D eigenvalue weighted by atomic mass is 32.1. The van der Waals surface area contributed by atoms with Crippen molar-refractivity contribution in [3.8, 4) is 0 Å². The van der Waals surface area contributed by atoms with Gasteiger partial charge in [-0.05, 0) is 31.0 Å². The van der Waals surface area contributed by atoms with Crippen molar-refractivity contribution in [1.82, 2.24) is 4.98 Å². The monoisotopic (exact) mass is 195 g/mol. The number of benzene rings is 1. The smallest absolute Gasteiger partial charge is 0.110 e. The molecule has 12 heavy (non-hydrogen) atoms. The highest BCUT2D eigenvalue weighted by Crippen LogP contribution is 2.22. The topological polar surface area (TPSA) is 12.9 Å². The minimum Gasteiger partial charge on any atom is -0.237 e. The van der Waals surface area contributed by atoms with Crippen molar-refractivity contribution in [1.29, 1.82) is 0 Å². The zero-order valence-corrected chi connectivity index (χ0v) is 9.06. The van der Waals surface area contributed by atoms with Gasteiger partial charge in [0.2, 0.25) is 0 Å².